The largest absolute Gasteiger partial charge is 0.465 e. The molecule has 0 fully saturated rings. The molecule has 0 unspecified atom stereocenters. The summed E-state index contributed by atoms with van der Waals surface area (Å²) in [4.78, 5) is 28.1. The summed E-state index contributed by atoms with van der Waals surface area (Å²) in [5, 5.41) is 3.65. The summed E-state index contributed by atoms with van der Waals surface area (Å²) in [5.74, 6) is -1.05. The van der Waals surface area contributed by atoms with Crippen molar-refractivity contribution in [1.82, 2.24) is 4.57 Å². The van der Waals surface area contributed by atoms with E-state index in [2.05, 4.69) is 9.89 Å². The lowest BCUT2D eigenvalue weighted by Gasteiger charge is -2.04. The molecule has 7 heteroatoms. The first kappa shape index (κ1) is 16.3. The van der Waals surface area contributed by atoms with E-state index in [1.54, 1.807) is 6.07 Å². The number of hydrogen-bond donors (Lipinski definition) is 1. The molecule has 1 aromatic carbocycles. The Labute approximate surface area is 133 Å². The van der Waals surface area contributed by atoms with Crippen LogP contribution in [0.3, 0.4) is 0 Å². The normalized spacial score (nSPS) is 11.2. The van der Waals surface area contributed by atoms with Gasteiger partial charge in [0.2, 0.25) is 0 Å². The molecule has 0 saturated carbocycles. The van der Waals surface area contributed by atoms with Gasteiger partial charge in [0.05, 0.1) is 23.9 Å². The third-order valence-electron chi connectivity index (χ3n) is 3.40. The standard InChI is InChI=1S/C16H17N3O4/c1-10-4-9-13(19(10)2)14(17)18-23-16(21)12-7-5-11(6-8-12)15(20)22-3/h4-9H,1-3H3,(H2,17,18). The van der Waals surface area contributed by atoms with Gasteiger partial charge in [-0.1, -0.05) is 5.16 Å². The summed E-state index contributed by atoms with van der Waals surface area (Å²) in [6.07, 6.45) is 0. The number of oxime groups is 1. The van der Waals surface area contributed by atoms with Crippen molar-refractivity contribution in [3.63, 3.8) is 0 Å². The summed E-state index contributed by atoms with van der Waals surface area (Å²) in [6, 6.07) is 9.50. The molecule has 1 aromatic heterocycles. The Balaban J connectivity index is 2.08. The minimum Gasteiger partial charge on any atom is -0.465 e. The predicted octanol–water partition coefficient (Wildman–Crippen LogP) is 1.60. The molecule has 7 nitrogen and oxygen atoms in total. The average molecular weight is 315 g/mol. The first-order chi connectivity index (χ1) is 10.9. The number of amidine groups is 1. The van der Waals surface area contributed by atoms with Crippen LogP contribution in [0.1, 0.15) is 32.1 Å². The van der Waals surface area contributed by atoms with E-state index < -0.39 is 11.9 Å². The summed E-state index contributed by atoms with van der Waals surface area (Å²) in [6.45, 7) is 1.92. The number of esters is 1. The summed E-state index contributed by atoms with van der Waals surface area (Å²) in [7, 11) is 3.12. The molecule has 2 rings (SSSR count). The lowest BCUT2D eigenvalue weighted by Crippen LogP contribution is -2.19. The molecular formula is C16H17N3O4. The van der Waals surface area contributed by atoms with Gasteiger partial charge in [-0.2, -0.15) is 0 Å². The molecule has 0 saturated heterocycles. The molecule has 2 aromatic rings. The number of benzene rings is 1. The lowest BCUT2D eigenvalue weighted by molar-refractivity contribution is 0.0513. The molecule has 2 N–H and O–H groups in total. The second-order valence-electron chi connectivity index (χ2n) is 4.84. The van der Waals surface area contributed by atoms with E-state index in [0.717, 1.165) is 5.69 Å². The van der Waals surface area contributed by atoms with E-state index in [1.165, 1.54) is 31.4 Å². The van der Waals surface area contributed by atoms with Gasteiger partial charge in [-0.05, 0) is 43.3 Å². The van der Waals surface area contributed by atoms with Crippen molar-refractivity contribution in [3.05, 3.63) is 58.9 Å². The predicted molar refractivity (Wildman–Crippen MR) is 84.1 cm³/mol. The van der Waals surface area contributed by atoms with Gasteiger partial charge in [0, 0.05) is 12.7 Å². The maximum absolute atomic E-state index is 11.9. The van der Waals surface area contributed by atoms with Crippen molar-refractivity contribution < 1.29 is 19.2 Å². The van der Waals surface area contributed by atoms with Gasteiger partial charge in [0.1, 0.15) is 0 Å². The Morgan fingerprint density at radius 1 is 1.04 bits per heavy atom. The van der Waals surface area contributed by atoms with Gasteiger partial charge in [-0.15, -0.1) is 0 Å². The number of aryl methyl sites for hydroxylation is 1. The van der Waals surface area contributed by atoms with E-state index in [4.69, 9.17) is 10.6 Å². The van der Waals surface area contributed by atoms with Crippen LogP contribution < -0.4 is 5.73 Å². The van der Waals surface area contributed by atoms with Crippen molar-refractivity contribution in [3.8, 4) is 0 Å². The molecule has 23 heavy (non-hydrogen) atoms. The number of ether oxygens (including phenoxy) is 1. The van der Waals surface area contributed by atoms with Crippen LogP contribution in [0.25, 0.3) is 0 Å². The number of carbonyl (C=O) groups is 2. The lowest BCUT2D eigenvalue weighted by atomic mass is 10.1. The van der Waals surface area contributed by atoms with Gasteiger partial charge in [-0.3, -0.25) is 0 Å². The Morgan fingerprint density at radius 3 is 2.09 bits per heavy atom. The summed E-state index contributed by atoms with van der Waals surface area (Å²) < 4.78 is 6.41. The fourth-order valence-electron chi connectivity index (χ4n) is 1.92. The van der Waals surface area contributed by atoms with Crippen LogP contribution in [0.5, 0.6) is 0 Å². The van der Waals surface area contributed by atoms with Crippen molar-refractivity contribution >= 4 is 17.8 Å². The number of nitrogens with zero attached hydrogens (tertiary/aromatic N) is 2. The second-order valence-corrected chi connectivity index (χ2v) is 4.84. The summed E-state index contributed by atoms with van der Waals surface area (Å²) >= 11 is 0. The molecule has 0 spiro atoms. The Kier molecular flexibility index (Phi) is 4.80. The maximum Gasteiger partial charge on any atom is 0.365 e. The highest BCUT2D eigenvalue weighted by atomic mass is 16.7. The summed E-state index contributed by atoms with van der Waals surface area (Å²) in [5.41, 5.74) is 8.05. The zero-order valence-electron chi connectivity index (χ0n) is 13.1. The van der Waals surface area contributed by atoms with Crippen molar-refractivity contribution in [2.75, 3.05) is 7.11 Å². The number of carbonyl (C=O) groups excluding carboxylic acids is 2. The van der Waals surface area contributed by atoms with Crippen LogP contribution in [-0.2, 0) is 16.6 Å². The molecule has 0 aliphatic heterocycles. The highest BCUT2D eigenvalue weighted by molar-refractivity contribution is 5.97. The van der Waals surface area contributed by atoms with Crippen LogP contribution in [0.2, 0.25) is 0 Å². The fraction of sp³-hybridized carbons (Fsp3) is 0.188. The molecule has 0 atom stereocenters. The van der Waals surface area contributed by atoms with Crippen molar-refractivity contribution in [1.29, 1.82) is 0 Å². The third-order valence-corrected chi connectivity index (χ3v) is 3.40. The molecule has 0 radical (unpaired) electrons. The van der Waals surface area contributed by atoms with Crippen LogP contribution in [-0.4, -0.2) is 29.5 Å². The van der Waals surface area contributed by atoms with Crippen molar-refractivity contribution in [2.24, 2.45) is 17.9 Å². The molecule has 0 bridgehead atoms. The molecule has 120 valence electrons. The van der Waals surface area contributed by atoms with Gasteiger partial charge in [-0.25, -0.2) is 9.59 Å². The molecule has 0 aliphatic carbocycles. The number of aromatic nitrogens is 1. The average Bonchev–Trinajstić information content (AvgIpc) is 2.91. The van der Waals surface area contributed by atoms with Crippen LogP contribution in [0.15, 0.2) is 41.6 Å². The number of nitrogens with two attached hydrogens (primary N) is 1. The minimum atomic E-state index is -0.671. The SMILES string of the molecule is COC(=O)c1ccc(C(=O)ON=C(N)c2ccc(C)n2C)cc1. The van der Waals surface area contributed by atoms with Crippen LogP contribution >= 0.6 is 0 Å². The third kappa shape index (κ3) is 3.57. The molecule has 0 amide bonds. The molecular weight excluding hydrogens is 298 g/mol. The van der Waals surface area contributed by atoms with Gasteiger partial charge >= 0.3 is 11.9 Å². The molecule has 0 aliphatic rings. The zero-order chi connectivity index (χ0) is 17.0. The monoisotopic (exact) mass is 315 g/mol. The van der Waals surface area contributed by atoms with Crippen LogP contribution in [0.4, 0.5) is 0 Å². The Hall–Kier alpha value is -3.09. The van der Waals surface area contributed by atoms with E-state index in [0.29, 0.717) is 11.3 Å². The number of hydrogen-bond acceptors (Lipinski definition) is 5. The van der Waals surface area contributed by atoms with E-state index in [1.807, 2.05) is 24.6 Å². The van der Waals surface area contributed by atoms with E-state index in [9.17, 15) is 9.59 Å². The van der Waals surface area contributed by atoms with Crippen molar-refractivity contribution in [2.45, 2.75) is 6.92 Å². The fourth-order valence-corrected chi connectivity index (χ4v) is 1.92. The minimum absolute atomic E-state index is 0.0973. The Bertz CT molecular complexity index is 760. The van der Waals surface area contributed by atoms with Crippen LogP contribution in [0, 0.1) is 6.92 Å². The number of methoxy groups -OCH3 is 1. The first-order valence-corrected chi connectivity index (χ1v) is 6.80. The zero-order valence-corrected chi connectivity index (χ0v) is 13.1. The van der Waals surface area contributed by atoms with E-state index >= 15 is 0 Å². The maximum atomic E-state index is 11.9. The topological polar surface area (TPSA) is 95.9 Å². The van der Waals surface area contributed by atoms with Gasteiger partial charge < -0.3 is 19.9 Å². The second kappa shape index (κ2) is 6.78. The Morgan fingerprint density at radius 2 is 1.61 bits per heavy atom. The first-order valence-electron chi connectivity index (χ1n) is 6.80. The van der Waals surface area contributed by atoms with E-state index in [-0.39, 0.29) is 11.4 Å². The quantitative estimate of drug-likeness (QED) is 0.304. The number of rotatable bonds is 4. The highest BCUT2D eigenvalue weighted by Gasteiger charge is 2.11. The molecule has 1 heterocycles. The van der Waals surface area contributed by atoms with Gasteiger partial charge in [0.15, 0.2) is 5.84 Å². The smallest absolute Gasteiger partial charge is 0.365 e. The van der Waals surface area contributed by atoms with Gasteiger partial charge in [0.25, 0.3) is 0 Å². The highest BCUT2D eigenvalue weighted by Crippen LogP contribution is 2.09.